The van der Waals surface area contributed by atoms with Crippen molar-refractivity contribution in [3.05, 3.63) is 57.9 Å². The van der Waals surface area contributed by atoms with Gasteiger partial charge < -0.3 is 15.0 Å². The number of carboxylic acids is 1. The second-order valence-corrected chi connectivity index (χ2v) is 6.25. The Morgan fingerprint density at radius 2 is 2.09 bits per heavy atom. The SMILES string of the molecule is Cn1c(C(=O)O)c(CNCCc2cccs2)c2ccccc21. The standard InChI is InChI=1S/C17H18N2O2S/c1-19-15-7-3-2-6-13(15)14(16(19)17(20)21)11-18-9-8-12-5-4-10-22-12/h2-7,10,18H,8-9,11H2,1H3,(H,20,21). The van der Waals surface area contributed by atoms with Gasteiger partial charge in [-0.15, -0.1) is 11.3 Å². The van der Waals surface area contributed by atoms with E-state index in [1.807, 2.05) is 30.3 Å². The van der Waals surface area contributed by atoms with Gasteiger partial charge in [-0.3, -0.25) is 0 Å². The molecule has 0 atom stereocenters. The number of nitrogens with one attached hydrogen (secondary N) is 1. The Morgan fingerprint density at radius 1 is 1.27 bits per heavy atom. The lowest BCUT2D eigenvalue weighted by Gasteiger charge is -2.05. The molecule has 2 heterocycles. The summed E-state index contributed by atoms with van der Waals surface area (Å²) < 4.78 is 1.76. The Balaban J connectivity index is 1.80. The summed E-state index contributed by atoms with van der Waals surface area (Å²) in [6.07, 6.45) is 0.963. The van der Waals surface area contributed by atoms with E-state index in [9.17, 15) is 9.90 Å². The number of aromatic nitrogens is 1. The summed E-state index contributed by atoms with van der Waals surface area (Å²) in [7, 11) is 1.81. The normalized spacial score (nSPS) is 11.1. The van der Waals surface area contributed by atoms with Gasteiger partial charge in [0.2, 0.25) is 0 Å². The molecule has 5 heteroatoms. The number of fused-ring (bicyclic) bond motifs is 1. The number of carboxylic acid groups (broad SMARTS) is 1. The summed E-state index contributed by atoms with van der Waals surface area (Å²) in [6.45, 7) is 1.40. The molecule has 22 heavy (non-hydrogen) atoms. The van der Waals surface area contributed by atoms with Gasteiger partial charge in [-0.05, 0) is 23.9 Å². The third-order valence-corrected chi connectivity index (χ3v) is 4.78. The zero-order chi connectivity index (χ0) is 15.5. The molecule has 0 spiro atoms. The Hall–Kier alpha value is -2.11. The summed E-state index contributed by atoms with van der Waals surface area (Å²) in [5.41, 5.74) is 2.18. The van der Waals surface area contributed by atoms with Crippen LogP contribution < -0.4 is 5.32 Å². The van der Waals surface area contributed by atoms with Crippen molar-refractivity contribution in [2.24, 2.45) is 7.05 Å². The topological polar surface area (TPSA) is 54.3 Å². The number of benzene rings is 1. The molecule has 0 saturated carbocycles. The number of thiophene rings is 1. The molecule has 0 unspecified atom stereocenters. The third kappa shape index (κ3) is 2.77. The number of aromatic carboxylic acids is 1. The molecule has 0 bridgehead atoms. The van der Waals surface area contributed by atoms with Gasteiger partial charge in [-0.1, -0.05) is 24.3 Å². The van der Waals surface area contributed by atoms with Gasteiger partial charge in [0.05, 0.1) is 0 Å². The van der Waals surface area contributed by atoms with E-state index in [4.69, 9.17) is 0 Å². The second-order valence-electron chi connectivity index (χ2n) is 5.21. The number of nitrogens with zero attached hydrogens (tertiary/aromatic N) is 1. The lowest BCUT2D eigenvalue weighted by Crippen LogP contribution is -2.18. The molecule has 0 saturated heterocycles. The molecule has 2 N–H and O–H groups in total. The minimum Gasteiger partial charge on any atom is -0.477 e. The molecule has 0 aliphatic rings. The van der Waals surface area contributed by atoms with Gasteiger partial charge in [-0.2, -0.15) is 0 Å². The average Bonchev–Trinajstić information content (AvgIpc) is 3.11. The Labute approximate surface area is 133 Å². The summed E-state index contributed by atoms with van der Waals surface area (Å²) in [5.74, 6) is -0.881. The molecule has 1 aromatic carbocycles. The minimum atomic E-state index is -0.881. The predicted octanol–water partition coefficient (Wildman–Crippen LogP) is 3.27. The van der Waals surface area contributed by atoms with Crippen LogP contribution in [0.4, 0.5) is 0 Å². The van der Waals surface area contributed by atoms with Crippen LogP contribution in [0.2, 0.25) is 0 Å². The first-order chi connectivity index (χ1) is 10.7. The molecule has 4 nitrogen and oxygen atoms in total. The number of aryl methyl sites for hydroxylation is 1. The third-order valence-electron chi connectivity index (χ3n) is 3.84. The zero-order valence-electron chi connectivity index (χ0n) is 12.4. The molecule has 0 amide bonds. The van der Waals surface area contributed by atoms with Gasteiger partial charge in [0.1, 0.15) is 5.69 Å². The van der Waals surface area contributed by atoms with Gasteiger partial charge in [0.15, 0.2) is 0 Å². The van der Waals surface area contributed by atoms with Crippen molar-refractivity contribution in [3.63, 3.8) is 0 Å². The quantitative estimate of drug-likeness (QED) is 0.687. The summed E-state index contributed by atoms with van der Waals surface area (Å²) >= 11 is 1.75. The van der Waals surface area contributed by atoms with E-state index < -0.39 is 5.97 Å². The lowest BCUT2D eigenvalue weighted by atomic mass is 10.1. The summed E-state index contributed by atoms with van der Waals surface area (Å²) in [5, 5.41) is 16.0. The fourth-order valence-electron chi connectivity index (χ4n) is 2.80. The number of para-hydroxylation sites is 1. The molecule has 3 rings (SSSR count). The molecular weight excluding hydrogens is 296 g/mol. The van der Waals surface area contributed by atoms with Gasteiger partial charge >= 0.3 is 5.97 Å². The van der Waals surface area contributed by atoms with Gasteiger partial charge in [0.25, 0.3) is 0 Å². The highest BCUT2D eigenvalue weighted by atomic mass is 32.1. The molecule has 0 aliphatic heterocycles. The fourth-order valence-corrected chi connectivity index (χ4v) is 3.51. The first-order valence-electron chi connectivity index (χ1n) is 7.21. The predicted molar refractivity (Wildman–Crippen MR) is 89.6 cm³/mol. The van der Waals surface area contributed by atoms with Crippen LogP contribution in [0.25, 0.3) is 10.9 Å². The molecule has 3 aromatic rings. The highest BCUT2D eigenvalue weighted by Gasteiger charge is 2.19. The summed E-state index contributed by atoms with van der Waals surface area (Å²) in [6, 6.07) is 12.0. The first kappa shape index (κ1) is 14.8. The van der Waals surface area contributed by atoms with E-state index in [0.717, 1.165) is 29.4 Å². The highest BCUT2D eigenvalue weighted by molar-refractivity contribution is 7.09. The van der Waals surface area contributed by atoms with E-state index in [2.05, 4.69) is 16.8 Å². The minimum absolute atomic E-state index is 0.366. The maximum atomic E-state index is 11.6. The maximum Gasteiger partial charge on any atom is 0.352 e. The number of rotatable bonds is 6. The van der Waals surface area contributed by atoms with Crippen LogP contribution in [0, 0.1) is 0 Å². The number of hydrogen-bond donors (Lipinski definition) is 2. The smallest absolute Gasteiger partial charge is 0.352 e. The van der Waals surface area contributed by atoms with Crippen molar-refractivity contribution in [3.8, 4) is 0 Å². The van der Waals surface area contributed by atoms with Crippen LogP contribution in [0.15, 0.2) is 41.8 Å². The van der Waals surface area contributed by atoms with Gasteiger partial charge in [0, 0.05) is 41.5 Å². The fraction of sp³-hybridized carbons (Fsp3) is 0.235. The number of hydrogen-bond acceptors (Lipinski definition) is 3. The Bertz CT molecular complexity index is 790. The van der Waals surface area contributed by atoms with Crippen LogP contribution >= 0.6 is 11.3 Å². The van der Waals surface area contributed by atoms with E-state index in [1.165, 1.54) is 4.88 Å². The first-order valence-corrected chi connectivity index (χ1v) is 8.09. The van der Waals surface area contributed by atoms with Crippen LogP contribution in [0.5, 0.6) is 0 Å². The van der Waals surface area contributed by atoms with Crippen molar-refractivity contribution in [1.82, 2.24) is 9.88 Å². The van der Waals surface area contributed by atoms with Crippen LogP contribution in [0.1, 0.15) is 20.9 Å². The van der Waals surface area contributed by atoms with Gasteiger partial charge in [-0.25, -0.2) is 4.79 Å². The van der Waals surface area contributed by atoms with Crippen molar-refractivity contribution >= 4 is 28.2 Å². The molecule has 0 aliphatic carbocycles. The van der Waals surface area contributed by atoms with Crippen molar-refractivity contribution < 1.29 is 9.90 Å². The van der Waals surface area contributed by atoms with E-state index >= 15 is 0 Å². The Kier molecular flexibility index (Phi) is 4.27. The second kappa shape index (κ2) is 6.34. The zero-order valence-corrected chi connectivity index (χ0v) is 13.2. The van der Waals surface area contributed by atoms with Crippen LogP contribution in [0.3, 0.4) is 0 Å². The molecule has 2 aromatic heterocycles. The van der Waals surface area contributed by atoms with Crippen LogP contribution in [-0.4, -0.2) is 22.2 Å². The largest absolute Gasteiger partial charge is 0.477 e. The molecular formula is C17H18N2O2S. The van der Waals surface area contributed by atoms with E-state index in [1.54, 1.807) is 23.0 Å². The number of carbonyl (C=O) groups is 1. The molecule has 0 fully saturated rings. The lowest BCUT2D eigenvalue weighted by molar-refractivity contribution is 0.0685. The summed E-state index contributed by atoms with van der Waals surface area (Å²) in [4.78, 5) is 12.9. The van der Waals surface area contributed by atoms with Crippen molar-refractivity contribution in [2.45, 2.75) is 13.0 Å². The monoisotopic (exact) mass is 314 g/mol. The van der Waals surface area contributed by atoms with Crippen molar-refractivity contribution in [1.29, 1.82) is 0 Å². The molecule has 114 valence electrons. The Morgan fingerprint density at radius 3 is 2.82 bits per heavy atom. The average molecular weight is 314 g/mol. The van der Waals surface area contributed by atoms with Crippen molar-refractivity contribution in [2.75, 3.05) is 6.54 Å². The van der Waals surface area contributed by atoms with E-state index in [0.29, 0.717) is 12.2 Å². The van der Waals surface area contributed by atoms with E-state index in [-0.39, 0.29) is 0 Å². The highest BCUT2D eigenvalue weighted by Crippen LogP contribution is 2.25. The molecule has 0 radical (unpaired) electrons. The maximum absolute atomic E-state index is 11.6. The van der Waals surface area contributed by atoms with Crippen LogP contribution in [-0.2, 0) is 20.0 Å².